The Bertz CT molecular complexity index is 1480. The lowest BCUT2D eigenvalue weighted by Crippen LogP contribution is -2.67. The summed E-state index contributed by atoms with van der Waals surface area (Å²) in [6.07, 6.45) is 11.1. The molecule has 2 saturated carbocycles. The van der Waals surface area contributed by atoms with E-state index in [2.05, 4.69) is 32.9 Å². The van der Waals surface area contributed by atoms with Crippen molar-refractivity contribution < 1.29 is 13.5 Å². The molecule has 0 bridgehead atoms. The maximum absolute atomic E-state index is 13.3. The first kappa shape index (κ1) is 26.2. The van der Waals surface area contributed by atoms with Gasteiger partial charge in [-0.3, -0.25) is 14.5 Å². The van der Waals surface area contributed by atoms with E-state index >= 15 is 0 Å². The lowest BCUT2D eigenvalue weighted by molar-refractivity contribution is -0.175. The van der Waals surface area contributed by atoms with E-state index in [1.807, 2.05) is 29.6 Å². The normalized spacial score (nSPS) is 31.0. The van der Waals surface area contributed by atoms with Crippen LogP contribution in [-0.4, -0.2) is 86.9 Å². The topological polar surface area (TPSA) is 71.3 Å². The van der Waals surface area contributed by atoms with Crippen molar-refractivity contribution in [2.75, 3.05) is 51.3 Å². The van der Waals surface area contributed by atoms with Gasteiger partial charge in [-0.05, 0) is 87.6 Å². The van der Waals surface area contributed by atoms with E-state index in [1.165, 1.54) is 5.56 Å². The molecular weight excluding hydrogens is 548 g/mol. The lowest BCUT2D eigenvalue weighted by Gasteiger charge is -2.64. The van der Waals surface area contributed by atoms with Gasteiger partial charge in [-0.2, -0.15) is 5.10 Å². The van der Waals surface area contributed by atoms with E-state index in [4.69, 9.17) is 26.4 Å². The number of hydrogen-bond donors (Lipinski definition) is 1. The van der Waals surface area contributed by atoms with Gasteiger partial charge in [-0.25, -0.2) is 18.7 Å². The second-order valence-electron chi connectivity index (χ2n) is 13.4. The number of piperidine rings is 1. The molecule has 5 heterocycles. The molecule has 1 N–H and O–H groups in total. The Kier molecular flexibility index (Phi) is 5.95. The quantitative estimate of drug-likeness (QED) is 0.406. The molecule has 8 nitrogen and oxygen atoms in total. The van der Waals surface area contributed by atoms with E-state index in [-0.39, 0.29) is 24.2 Å². The van der Waals surface area contributed by atoms with E-state index in [0.29, 0.717) is 23.7 Å². The molecule has 3 aromatic rings. The first-order chi connectivity index (χ1) is 19.7. The molecule has 3 unspecified atom stereocenters. The Hall–Kier alpha value is -2.40. The number of hydrogen-bond acceptors (Lipinski definition) is 7. The number of nitrogens with one attached hydrogen (secondary N) is 1. The highest BCUT2D eigenvalue weighted by atomic mass is 35.5. The summed E-state index contributed by atoms with van der Waals surface area (Å²) in [5.41, 5.74) is 3.13. The van der Waals surface area contributed by atoms with Gasteiger partial charge in [-0.1, -0.05) is 11.6 Å². The molecule has 41 heavy (non-hydrogen) atoms. The van der Waals surface area contributed by atoms with Crippen LogP contribution in [0, 0.1) is 11.8 Å². The van der Waals surface area contributed by atoms with Crippen molar-refractivity contribution >= 4 is 34.1 Å². The number of nitrogens with zero attached hydrogens (tertiary/aromatic N) is 6. The van der Waals surface area contributed by atoms with Crippen LogP contribution in [0.1, 0.15) is 50.5 Å². The van der Waals surface area contributed by atoms with Gasteiger partial charge in [0.25, 0.3) is 5.92 Å². The number of halogens is 3. The molecular formula is C30H36ClF2N7O. The monoisotopic (exact) mass is 583 g/mol. The number of rotatable bonds is 7. The van der Waals surface area contributed by atoms with Gasteiger partial charge in [0.2, 0.25) is 5.95 Å². The fourth-order valence-corrected chi connectivity index (χ4v) is 8.48. The number of ether oxygens (including phenoxy) is 1. The smallest absolute Gasteiger partial charge is 0.272 e. The summed E-state index contributed by atoms with van der Waals surface area (Å²) < 4.78 is 34.1. The summed E-state index contributed by atoms with van der Waals surface area (Å²) >= 11 is 6.76. The number of anilines is 2. The van der Waals surface area contributed by atoms with Crippen molar-refractivity contribution in [3.8, 4) is 0 Å². The minimum absolute atomic E-state index is 0.0343. The summed E-state index contributed by atoms with van der Waals surface area (Å²) in [5, 5.41) is 9.76. The summed E-state index contributed by atoms with van der Waals surface area (Å²) in [4.78, 5) is 13.8. The molecule has 5 fully saturated rings. The maximum Gasteiger partial charge on any atom is 0.272 e. The Labute approximate surface area is 243 Å². The van der Waals surface area contributed by atoms with Crippen LogP contribution in [0.3, 0.4) is 0 Å². The second kappa shape index (κ2) is 9.30. The average Bonchev–Trinajstić information content (AvgIpc) is 3.36. The van der Waals surface area contributed by atoms with Gasteiger partial charge in [-0.15, -0.1) is 0 Å². The van der Waals surface area contributed by atoms with Crippen molar-refractivity contribution in [3.05, 3.63) is 41.3 Å². The van der Waals surface area contributed by atoms with Crippen LogP contribution >= 0.6 is 11.6 Å². The third-order valence-electron chi connectivity index (χ3n) is 10.7. The van der Waals surface area contributed by atoms with Crippen molar-refractivity contribution in [2.24, 2.45) is 11.8 Å². The van der Waals surface area contributed by atoms with Crippen LogP contribution in [0.2, 0.25) is 5.02 Å². The summed E-state index contributed by atoms with van der Waals surface area (Å²) in [5.74, 6) is -0.556. The van der Waals surface area contributed by atoms with Crippen LogP contribution in [0.4, 0.5) is 20.4 Å². The van der Waals surface area contributed by atoms with E-state index in [1.54, 1.807) is 0 Å². The Morgan fingerprint density at radius 1 is 1.12 bits per heavy atom. The van der Waals surface area contributed by atoms with E-state index in [0.717, 1.165) is 86.6 Å². The van der Waals surface area contributed by atoms with Gasteiger partial charge < -0.3 is 10.1 Å². The van der Waals surface area contributed by atoms with Crippen LogP contribution < -0.4 is 5.32 Å². The fraction of sp³-hybridized carbons (Fsp3) is 0.633. The van der Waals surface area contributed by atoms with E-state index < -0.39 is 5.92 Å². The van der Waals surface area contributed by atoms with Crippen molar-refractivity contribution in [1.29, 1.82) is 0 Å². The standard InChI is InChI=1S/C30H36ClF2N7O/c1-28(17-41-18-28)39-6-3-19(4-7-39)23-9-26-20(8-25(23)31)11-34-27(37-26)36-22-12-35-40(14-22)29-5-2-24(29)21(10-29)13-38-15-30(32,33)16-38/h8-9,11-12,14,19,21,24H,2-7,10,13,15-18H2,1H3,(H,34,36,37). The molecule has 0 radical (unpaired) electrons. The number of benzene rings is 1. The Morgan fingerprint density at radius 2 is 1.93 bits per heavy atom. The molecule has 3 atom stereocenters. The third-order valence-corrected chi connectivity index (χ3v) is 11.0. The highest BCUT2D eigenvalue weighted by molar-refractivity contribution is 6.32. The number of fused-ring (bicyclic) bond motifs is 2. The summed E-state index contributed by atoms with van der Waals surface area (Å²) in [6, 6.07) is 4.13. The second-order valence-corrected chi connectivity index (χ2v) is 13.8. The first-order valence-electron chi connectivity index (χ1n) is 14.9. The maximum atomic E-state index is 13.3. The van der Waals surface area contributed by atoms with Gasteiger partial charge in [0.15, 0.2) is 0 Å². The minimum atomic E-state index is -2.50. The largest absolute Gasteiger partial charge is 0.377 e. The molecule has 1 aromatic carbocycles. The van der Waals surface area contributed by atoms with Crippen LogP contribution in [-0.2, 0) is 10.3 Å². The van der Waals surface area contributed by atoms with Crippen LogP contribution in [0.15, 0.2) is 30.7 Å². The van der Waals surface area contributed by atoms with Crippen molar-refractivity contribution in [2.45, 2.75) is 61.9 Å². The lowest BCUT2D eigenvalue weighted by atomic mass is 9.47. The summed E-state index contributed by atoms with van der Waals surface area (Å²) in [6.45, 7) is 6.64. The van der Waals surface area contributed by atoms with Gasteiger partial charge in [0.1, 0.15) is 0 Å². The van der Waals surface area contributed by atoms with Crippen LogP contribution in [0.25, 0.3) is 10.9 Å². The molecule has 2 aliphatic carbocycles. The molecule has 5 aliphatic rings. The third kappa shape index (κ3) is 4.36. The summed E-state index contributed by atoms with van der Waals surface area (Å²) in [7, 11) is 0. The van der Waals surface area contributed by atoms with Gasteiger partial charge in [0, 0.05) is 29.3 Å². The number of aromatic nitrogens is 4. The highest BCUT2D eigenvalue weighted by Gasteiger charge is 2.62. The number of alkyl halides is 2. The molecule has 8 rings (SSSR count). The number of likely N-dealkylation sites (tertiary alicyclic amines) is 2. The highest BCUT2D eigenvalue weighted by Crippen LogP contribution is 2.62. The predicted octanol–water partition coefficient (Wildman–Crippen LogP) is 5.27. The zero-order chi connectivity index (χ0) is 28.0. The zero-order valence-electron chi connectivity index (χ0n) is 23.3. The molecule has 11 heteroatoms. The van der Waals surface area contributed by atoms with Crippen molar-refractivity contribution in [3.63, 3.8) is 0 Å². The van der Waals surface area contributed by atoms with Gasteiger partial charge in [0.05, 0.1) is 54.8 Å². The molecule has 0 amide bonds. The molecule has 3 aliphatic heterocycles. The van der Waals surface area contributed by atoms with E-state index in [9.17, 15) is 8.78 Å². The molecule has 0 spiro atoms. The fourth-order valence-electron chi connectivity index (χ4n) is 8.16. The minimum Gasteiger partial charge on any atom is -0.377 e. The molecule has 2 aromatic heterocycles. The SMILES string of the molecule is CC1(N2CCC(c3cc4nc(Nc5cnn(C67CCC6C(CN6CC(F)(F)C6)C7)c5)ncc4cc3Cl)CC2)COC1. The Balaban J connectivity index is 0.938. The Morgan fingerprint density at radius 3 is 2.59 bits per heavy atom. The zero-order valence-corrected chi connectivity index (χ0v) is 24.1. The van der Waals surface area contributed by atoms with Gasteiger partial charge >= 0.3 is 0 Å². The predicted molar refractivity (Wildman–Crippen MR) is 153 cm³/mol. The van der Waals surface area contributed by atoms with Crippen LogP contribution in [0.5, 0.6) is 0 Å². The first-order valence-corrected chi connectivity index (χ1v) is 15.3. The van der Waals surface area contributed by atoms with Crippen molar-refractivity contribution in [1.82, 2.24) is 29.5 Å². The molecule has 218 valence electrons. The molecule has 3 saturated heterocycles. The average molecular weight is 584 g/mol.